The molecule has 8 heteroatoms. The number of halogens is 2. The standard InChI is InChI=1S/C16H14F2N2O4/c1-9-3-6-15(14(7-9)20(22)23)24-10(2)16(21)19-11-4-5-12(17)13(18)8-11/h3-8,10H,1-2H3,(H,19,21)/t10-/m0/s1. The van der Waals surface area contributed by atoms with Crippen molar-refractivity contribution in [2.45, 2.75) is 20.0 Å². The van der Waals surface area contributed by atoms with E-state index in [-0.39, 0.29) is 17.1 Å². The lowest BCUT2D eigenvalue weighted by Gasteiger charge is -2.15. The Bertz CT molecular complexity index is 796. The van der Waals surface area contributed by atoms with Crippen molar-refractivity contribution in [2.75, 3.05) is 5.32 Å². The molecule has 126 valence electrons. The van der Waals surface area contributed by atoms with E-state index in [9.17, 15) is 23.7 Å². The van der Waals surface area contributed by atoms with Crippen LogP contribution in [0.15, 0.2) is 36.4 Å². The van der Waals surface area contributed by atoms with Crippen molar-refractivity contribution in [1.82, 2.24) is 0 Å². The third-order valence-corrected chi connectivity index (χ3v) is 3.17. The van der Waals surface area contributed by atoms with E-state index in [1.807, 2.05) is 0 Å². The maximum absolute atomic E-state index is 13.1. The number of nitro groups is 1. The van der Waals surface area contributed by atoms with Crippen LogP contribution in [-0.4, -0.2) is 16.9 Å². The Morgan fingerprint density at radius 1 is 1.21 bits per heavy atom. The van der Waals surface area contributed by atoms with Crippen molar-refractivity contribution in [3.05, 3.63) is 63.7 Å². The minimum atomic E-state index is -1.10. The summed E-state index contributed by atoms with van der Waals surface area (Å²) in [5.41, 5.74) is 0.461. The summed E-state index contributed by atoms with van der Waals surface area (Å²) in [4.78, 5) is 22.5. The Kier molecular flexibility index (Phi) is 5.08. The SMILES string of the molecule is Cc1ccc(O[C@@H](C)C(=O)Nc2ccc(F)c(F)c2)c([N+](=O)[O-])c1. The van der Waals surface area contributed by atoms with E-state index in [1.165, 1.54) is 25.1 Å². The summed E-state index contributed by atoms with van der Waals surface area (Å²) in [6, 6.07) is 7.24. The first kappa shape index (κ1) is 17.3. The number of ether oxygens (including phenoxy) is 1. The van der Waals surface area contributed by atoms with Crippen LogP contribution in [-0.2, 0) is 4.79 Å². The summed E-state index contributed by atoms with van der Waals surface area (Å²) in [5, 5.41) is 13.4. The van der Waals surface area contributed by atoms with Crippen LogP contribution in [0.2, 0.25) is 0 Å². The summed E-state index contributed by atoms with van der Waals surface area (Å²) in [6.45, 7) is 3.08. The highest BCUT2D eigenvalue weighted by molar-refractivity contribution is 5.94. The van der Waals surface area contributed by atoms with Crippen LogP contribution in [0, 0.1) is 28.7 Å². The van der Waals surface area contributed by atoms with Crippen molar-refractivity contribution in [3.63, 3.8) is 0 Å². The van der Waals surface area contributed by atoms with Crippen LogP contribution < -0.4 is 10.1 Å². The first-order valence-electron chi connectivity index (χ1n) is 6.95. The molecule has 0 saturated heterocycles. The number of nitro benzene ring substituents is 1. The first-order valence-corrected chi connectivity index (χ1v) is 6.95. The second-order valence-electron chi connectivity index (χ2n) is 5.11. The Hall–Kier alpha value is -3.03. The number of anilines is 1. The number of rotatable bonds is 5. The Morgan fingerprint density at radius 3 is 2.54 bits per heavy atom. The lowest BCUT2D eigenvalue weighted by atomic mass is 10.2. The highest BCUT2D eigenvalue weighted by Gasteiger charge is 2.21. The Balaban J connectivity index is 2.11. The average Bonchev–Trinajstić information content (AvgIpc) is 2.52. The van der Waals surface area contributed by atoms with Crippen LogP contribution in [0.1, 0.15) is 12.5 Å². The van der Waals surface area contributed by atoms with Gasteiger partial charge < -0.3 is 10.1 Å². The molecule has 0 radical (unpaired) electrons. The summed E-state index contributed by atoms with van der Waals surface area (Å²) in [6.07, 6.45) is -1.08. The average molecular weight is 336 g/mol. The fourth-order valence-electron chi connectivity index (χ4n) is 1.93. The van der Waals surface area contributed by atoms with E-state index in [4.69, 9.17) is 4.74 Å². The minimum absolute atomic E-state index is 0.0488. The number of carbonyl (C=O) groups excluding carboxylic acids is 1. The van der Waals surface area contributed by atoms with Gasteiger partial charge in [0.2, 0.25) is 0 Å². The zero-order chi connectivity index (χ0) is 17.9. The molecule has 24 heavy (non-hydrogen) atoms. The molecule has 0 aliphatic carbocycles. The second kappa shape index (κ2) is 7.03. The molecule has 0 aliphatic heterocycles. The molecular weight excluding hydrogens is 322 g/mol. The predicted octanol–water partition coefficient (Wildman–Crippen LogP) is 3.59. The minimum Gasteiger partial charge on any atom is -0.474 e. The molecular formula is C16H14F2N2O4. The summed E-state index contributed by atoms with van der Waals surface area (Å²) in [5.74, 6) is -2.85. The quantitative estimate of drug-likeness (QED) is 0.668. The highest BCUT2D eigenvalue weighted by Crippen LogP contribution is 2.28. The van der Waals surface area contributed by atoms with Crippen LogP contribution in [0.4, 0.5) is 20.2 Å². The van der Waals surface area contributed by atoms with E-state index in [0.717, 1.165) is 12.1 Å². The molecule has 0 fully saturated rings. The predicted molar refractivity (Wildman–Crippen MR) is 82.9 cm³/mol. The number of aryl methyl sites for hydroxylation is 1. The Morgan fingerprint density at radius 2 is 1.92 bits per heavy atom. The van der Waals surface area contributed by atoms with Crippen molar-refractivity contribution in [2.24, 2.45) is 0 Å². The number of benzene rings is 2. The highest BCUT2D eigenvalue weighted by atomic mass is 19.2. The van der Waals surface area contributed by atoms with E-state index in [2.05, 4.69) is 5.32 Å². The monoisotopic (exact) mass is 336 g/mol. The molecule has 1 N–H and O–H groups in total. The largest absolute Gasteiger partial charge is 0.474 e. The third-order valence-electron chi connectivity index (χ3n) is 3.17. The van der Waals surface area contributed by atoms with Gasteiger partial charge in [-0.25, -0.2) is 8.78 Å². The third kappa shape index (κ3) is 4.03. The number of nitrogens with one attached hydrogen (secondary N) is 1. The first-order chi connectivity index (χ1) is 11.3. The van der Waals surface area contributed by atoms with Gasteiger partial charge in [-0.3, -0.25) is 14.9 Å². The summed E-state index contributed by atoms with van der Waals surface area (Å²) >= 11 is 0. The molecule has 2 rings (SSSR count). The molecule has 0 aliphatic rings. The lowest BCUT2D eigenvalue weighted by Crippen LogP contribution is -2.30. The molecule has 0 aromatic heterocycles. The van der Waals surface area contributed by atoms with Crippen LogP contribution in [0.25, 0.3) is 0 Å². The van der Waals surface area contributed by atoms with E-state index < -0.39 is 28.6 Å². The molecule has 0 heterocycles. The van der Waals surface area contributed by atoms with Crippen LogP contribution >= 0.6 is 0 Å². The van der Waals surface area contributed by atoms with Gasteiger partial charge in [0, 0.05) is 17.8 Å². The molecule has 1 atom stereocenters. The van der Waals surface area contributed by atoms with Gasteiger partial charge in [-0.05, 0) is 37.6 Å². The van der Waals surface area contributed by atoms with Crippen molar-refractivity contribution >= 4 is 17.3 Å². The Labute approximate surface area is 136 Å². The van der Waals surface area contributed by atoms with Crippen molar-refractivity contribution < 1.29 is 23.2 Å². The molecule has 2 aromatic rings. The van der Waals surface area contributed by atoms with Gasteiger partial charge in [-0.1, -0.05) is 6.07 Å². The van der Waals surface area contributed by atoms with Gasteiger partial charge >= 0.3 is 5.69 Å². The number of hydrogen-bond acceptors (Lipinski definition) is 4. The van der Waals surface area contributed by atoms with E-state index in [1.54, 1.807) is 13.0 Å². The molecule has 6 nitrogen and oxygen atoms in total. The van der Waals surface area contributed by atoms with Gasteiger partial charge in [-0.15, -0.1) is 0 Å². The zero-order valence-corrected chi connectivity index (χ0v) is 12.9. The van der Waals surface area contributed by atoms with Crippen molar-refractivity contribution in [3.8, 4) is 5.75 Å². The number of hydrogen-bond donors (Lipinski definition) is 1. The van der Waals surface area contributed by atoms with Crippen LogP contribution in [0.5, 0.6) is 5.75 Å². The van der Waals surface area contributed by atoms with E-state index in [0.29, 0.717) is 5.56 Å². The molecule has 0 saturated carbocycles. The fourth-order valence-corrected chi connectivity index (χ4v) is 1.93. The topological polar surface area (TPSA) is 81.5 Å². The van der Waals surface area contributed by atoms with Gasteiger partial charge in [-0.2, -0.15) is 0 Å². The van der Waals surface area contributed by atoms with Gasteiger partial charge in [0.1, 0.15) is 0 Å². The summed E-state index contributed by atoms with van der Waals surface area (Å²) < 4.78 is 31.3. The molecule has 0 bridgehead atoms. The van der Waals surface area contributed by atoms with Gasteiger partial charge in [0.15, 0.2) is 23.5 Å². The maximum Gasteiger partial charge on any atom is 0.311 e. The number of amides is 1. The molecule has 2 aromatic carbocycles. The normalized spacial score (nSPS) is 11.7. The van der Waals surface area contributed by atoms with E-state index >= 15 is 0 Å². The molecule has 0 unspecified atom stereocenters. The smallest absolute Gasteiger partial charge is 0.311 e. The zero-order valence-electron chi connectivity index (χ0n) is 12.9. The molecule has 1 amide bonds. The number of nitrogens with zero attached hydrogens (tertiary/aromatic N) is 1. The van der Waals surface area contributed by atoms with Crippen molar-refractivity contribution in [1.29, 1.82) is 0 Å². The number of carbonyl (C=O) groups is 1. The van der Waals surface area contributed by atoms with Gasteiger partial charge in [0.05, 0.1) is 4.92 Å². The lowest BCUT2D eigenvalue weighted by molar-refractivity contribution is -0.386. The van der Waals surface area contributed by atoms with Gasteiger partial charge in [0.25, 0.3) is 5.91 Å². The fraction of sp³-hybridized carbons (Fsp3) is 0.188. The van der Waals surface area contributed by atoms with Crippen LogP contribution in [0.3, 0.4) is 0 Å². The molecule has 0 spiro atoms. The second-order valence-corrected chi connectivity index (χ2v) is 5.11. The summed E-state index contributed by atoms with van der Waals surface area (Å²) in [7, 11) is 0. The maximum atomic E-state index is 13.1.